The predicted octanol–water partition coefficient (Wildman–Crippen LogP) is 4.69. The number of carbonyl (C=O) groups excluding carboxylic acids is 1. The summed E-state index contributed by atoms with van der Waals surface area (Å²) in [6, 6.07) is 12.9. The third-order valence-electron chi connectivity index (χ3n) is 5.81. The van der Waals surface area contributed by atoms with Crippen LogP contribution < -0.4 is 13.9 Å². The lowest BCUT2D eigenvalue weighted by molar-refractivity contribution is 0.0989. The molecule has 0 N–H and O–H groups in total. The Kier molecular flexibility index (Phi) is 7.04. The molecule has 4 rings (SSSR count). The number of sulfonamides is 1. The second kappa shape index (κ2) is 9.99. The second-order valence-electron chi connectivity index (χ2n) is 7.95. The molecule has 3 aromatic rings. The Bertz CT molecular complexity index is 1280. The van der Waals surface area contributed by atoms with Gasteiger partial charge < -0.3 is 4.74 Å². The highest BCUT2D eigenvalue weighted by atomic mass is 32.2. The summed E-state index contributed by atoms with van der Waals surface area (Å²) >= 11 is 1.55. The van der Waals surface area contributed by atoms with Crippen LogP contribution in [0.4, 0.5) is 10.8 Å². The smallest absolute Gasteiger partial charge is 0.264 e. The number of para-hydroxylation sites is 2. The Morgan fingerprint density at radius 2 is 1.85 bits per heavy atom. The molecule has 0 saturated heterocycles. The first-order valence-corrected chi connectivity index (χ1v) is 13.3. The van der Waals surface area contributed by atoms with Crippen molar-refractivity contribution in [2.45, 2.75) is 30.6 Å². The number of thiazole rings is 1. The number of fused-ring (bicyclic) bond motifs is 1. The molecule has 2 aromatic carbocycles. The Labute approximate surface area is 204 Å². The van der Waals surface area contributed by atoms with E-state index in [-0.39, 0.29) is 10.8 Å². The number of methoxy groups -OCH3 is 1. The van der Waals surface area contributed by atoms with Crippen molar-refractivity contribution in [1.82, 2.24) is 4.98 Å². The molecular formula is C25H27N3O4S2. The minimum Gasteiger partial charge on any atom is -0.495 e. The van der Waals surface area contributed by atoms with Crippen molar-refractivity contribution >= 4 is 38.1 Å². The van der Waals surface area contributed by atoms with Crippen molar-refractivity contribution in [2.24, 2.45) is 0 Å². The van der Waals surface area contributed by atoms with Gasteiger partial charge in [0.05, 0.1) is 23.4 Å². The van der Waals surface area contributed by atoms with Gasteiger partial charge >= 0.3 is 0 Å². The van der Waals surface area contributed by atoms with E-state index in [1.807, 2.05) is 0 Å². The highest BCUT2D eigenvalue weighted by Crippen LogP contribution is 2.33. The molecular weight excluding hydrogens is 470 g/mol. The number of rotatable bonds is 8. The number of nitrogens with zero attached hydrogens (tertiary/aromatic N) is 3. The van der Waals surface area contributed by atoms with Crippen LogP contribution in [0.3, 0.4) is 0 Å². The van der Waals surface area contributed by atoms with E-state index in [2.05, 4.69) is 6.58 Å². The Morgan fingerprint density at radius 3 is 2.53 bits per heavy atom. The second-order valence-corrected chi connectivity index (χ2v) is 11.0. The lowest BCUT2D eigenvalue weighted by Gasteiger charge is -2.22. The van der Waals surface area contributed by atoms with Crippen molar-refractivity contribution in [2.75, 3.05) is 29.9 Å². The molecule has 7 nitrogen and oxygen atoms in total. The minimum absolute atomic E-state index is 0.0810. The minimum atomic E-state index is -3.85. The molecule has 0 spiro atoms. The molecule has 0 fully saturated rings. The van der Waals surface area contributed by atoms with Gasteiger partial charge in [-0.1, -0.05) is 18.2 Å². The predicted molar refractivity (Wildman–Crippen MR) is 136 cm³/mol. The lowest BCUT2D eigenvalue weighted by atomic mass is 10.0. The highest BCUT2D eigenvalue weighted by Gasteiger charge is 2.26. The topological polar surface area (TPSA) is 79.8 Å². The van der Waals surface area contributed by atoms with Gasteiger partial charge in [0.25, 0.3) is 15.9 Å². The van der Waals surface area contributed by atoms with E-state index in [1.54, 1.807) is 46.6 Å². The van der Waals surface area contributed by atoms with Crippen molar-refractivity contribution in [3.05, 3.63) is 77.3 Å². The highest BCUT2D eigenvalue weighted by molar-refractivity contribution is 7.92. The average Bonchev–Trinajstić information content (AvgIpc) is 3.30. The number of anilines is 2. The number of benzene rings is 2. The van der Waals surface area contributed by atoms with E-state index in [0.29, 0.717) is 28.7 Å². The third kappa shape index (κ3) is 4.58. The maximum Gasteiger partial charge on any atom is 0.264 e. The number of aryl methyl sites for hydroxylation is 2. The number of hydrogen-bond acceptors (Lipinski definition) is 6. The zero-order chi connectivity index (χ0) is 24.3. The van der Waals surface area contributed by atoms with Gasteiger partial charge in [0.15, 0.2) is 5.13 Å². The largest absolute Gasteiger partial charge is 0.495 e. The maximum atomic E-state index is 13.3. The Balaban J connectivity index is 1.60. The van der Waals surface area contributed by atoms with E-state index in [4.69, 9.17) is 9.72 Å². The quantitative estimate of drug-likeness (QED) is 0.422. The van der Waals surface area contributed by atoms with Gasteiger partial charge in [-0.25, -0.2) is 13.4 Å². The van der Waals surface area contributed by atoms with Crippen LogP contribution in [-0.4, -0.2) is 40.0 Å². The summed E-state index contributed by atoms with van der Waals surface area (Å²) in [4.78, 5) is 20.9. The molecule has 178 valence electrons. The summed E-state index contributed by atoms with van der Waals surface area (Å²) in [5, 5.41) is 0.657. The van der Waals surface area contributed by atoms with Crippen molar-refractivity contribution in [3.63, 3.8) is 0 Å². The molecule has 0 aliphatic heterocycles. The van der Waals surface area contributed by atoms with Crippen LogP contribution >= 0.6 is 11.3 Å². The van der Waals surface area contributed by atoms with Crippen molar-refractivity contribution in [1.29, 1.82) is 0 Å². The summed E-state index contributed by atoms with van der Waals surface area (Å²) in [6.07, 6.45) is 5.86. The first-order chi connectivity index (χ1) is 16.4. The van der Waals surface area contributed by atoms with Crippen molar-refractivity contribution < 1.29 is 17.9 Å². The summed E-state index contributed by atoms with van der Waals surface area (Å²) in [6.45, 7) is 4.10. The summed E-state index contributed by atoms with van der Waals surface area (Å²) < 4.78 is 32.9. The lowest BCUT2D eigenvalue weighted by Crippen LogP contribution is -2.31. The molecule has 0 saturated carbocycles. The van der Waals surface area contributed by atoms with Crippen LogP contribution in [0.2, 0.25) is 0 Å². The SMILES string of the molecule is C=CCN(C(=O)c1ccc(S(=O)(=O)N(C)c2ccccc2OC)cc1)c1nc2c(s1)CCCC2. The molecule has 1 aliphatic rings. The molecule has 1 heterocycles. The molecule has 0 radical (unpaired) electrons. The molecule has 34 heavy (non-hydrogen) atoms. The zero-order valence-electron chi connectivity index (χ0n) is 19.2. The van der Waals surface area contributed by atoms with E-state index in [9.17, 15) is 13.2 Å². The molecule has 0 atom stereocenters. The van der Waals surface area contributed by atoms with Crippen LogP contribution in [0.5, 0.6) is 5.75 Å². The van der Waals surface area contributed by atoms with Gasteiger partial charge in [0, 0.05) is 24.0 Å². The van der Waals surface area contributed by atoms with Gasteiger partial charge in [0.1, 0.15) is 5.75 Å². The molecule has 9 heteroatoms. The van der Waals surface area contributed by atoms with Crippen LogP contribution in [0.1, 0.15) is 33.8 Å². The summed E-state index contributed by atoms with van der Waals surface area (Å²) in [7, 11) is -0.882. The van der Waals surface area contributed by atoms with Gasteiger partial charge in [-0.15, -0.1) is 17.9 Å². The molecule has 1 aromatic heterocycles. The Hall–Kier alpha value is -3.17. The normalized spacial score (nSPS) is 13.1. The van der Waals surface area contributed by atoms with Crippen LogP contribution in [0.15, 0.2) is 66.1 Å². The van der Waals surface area contributed by atoms with E-state index >= 15 is 0 Å². The van der Waals surface area contributed by atoms with Crippen molar-refractivity contribution in [3.8, 4) is 5.75 Å². The summed E-state index contributed by atoms with van der Waals surface area (Å²) in [5.41, 5.74) is 1.89. The van der Waals surface area contributed by atoms with Crippen LogP contribution in [0.25, 0.3) is 0 Å². The van der Waals surface area contributed by atoms with Gasteiger partial charge in [-0.3, -0.25) is 14.0 Å². The molecule has 1 amide bonds. The molecule has 0 unspecified atom stereocenters. The number of hydrogen-bond donors (Lipinski definition) is 0. The maximum absolute atomic E-state index is 13.3. The average molecular weight is 498 g/mol. The number of ether oxygens (including phenoxy) is 1. The third-order valence-corrected chi connectivity index (χ3v) is 8.77. The number of carbonyl (C=O) groups is 1. The van der Waals surface area contributed by atoms with E-state index in [0.717, 1.165) is 31.4 Å². The summed E-state index contributed by atoms with van der Waals surface area (Å²) in [5.74, 6) is 0.208. The van der Waals surface area contributed by atoms with Crippen LogP contribution in [-0.2, 0) is 22.9 Å². The number of amides is 1. The fourth-order valence-corrected chi connectivity index (χ4v) is 6.30. The fraction of sp³-hybridized carbons (Fsp3) is 0.280. The molecule has 0 bridgehead atoms. The monoisotopic (exact) mass is 497 g/mol. The van der Waals surface area contributed by atoms with Gasteiger partial charge in [0.2, 0.25) is 0 Å². The fourth-order valence-electron chi connectivity index (χ4n) is 3.93. The van der Waals surface area contributed by atoms with Gasteiger partial charge in [-0.05, 0) is 62.1 Å². The zero-order valence-corrected chi connectivity index (χ0v) is 20.9. The number of aromatic nitrogens is 1. The van der Waals surface area contributed by atoms with E-state index in [1.165, 1.54) is 47.6 Å². The van der Waals surface area contributed by atoms with Gasteiger partial charge in [-0.2, -0.15) is 0 Å². The first kappa shape index (κ1) is 24.0. The Morgan fingerprint density at radius 1 is 1.15 bits per heavy atom. The van der Waals surface area contributed by atoms with E-state index < -0.39 is 10.0 Å². The first-order valence-electron chi connectivity index (χ1n) is 11.0. The molecule has 1 aliphatic carbocycles. The van der Waals surface area contributed by atoms with Crippen LogP contribution in [0, 0.1) is 0 Å². The standard InChI is InChI=1S/C25H27N3O4S2/c1-4-17-28(25-26-20-9-5-8-12-23(20)33-25)24(29)18-13-15-19(16-14-18)34(30,31)27(2)21-10-6-7-11-22(21)32-3/h4,6-7,10-11,13-16H,1,5,8-9,12,17H2,2-3H3.